The molecule has 5 heteroatoms. The Balaban J connectivity index is -0.000000102. The van der Waals surface area contributed by atoms with Crippen molar-refractivity contribution < 1.29 is 50.7 Å². The summed E-state index contributed by atoms with van der Waals surface area (Å²) in [6, 6.07) is 0. The van der Waals surface area contributed by atoms with E-state index in [2.05, 4.69) is 63.1 Å². The normalized spacial score (nSPS) is 13.6. The molecule has 0 saturated heterocycles. The first-order chi connectivity index (χ1) is 8.02. The average Bonchev–Trinajstić information content (AvgIpc) is 2.95. The number of allylic oxidation sites excluding steroid dienone is 8. The fraction of sp³-hybridized carbons (Fsp3) is 0.467. The van der Waals surface area contributed by atoms with Gasteiger partial charge >= 0.3 is 25.8 Å². The maximum absolute atomic E-state index is 3.36. The summed E-state index contributed by atoms with van der Waals surface area (Å²) >= 11 is 0. The van der Waals surface area contributed by atoms with Gasteiger partial charge in [-0.2, -0.15) is 12.2 Å². The van der Waals surface area contributed by atoms with E-state index < -0.39 is 8.07 Å². The van der Waals surface area contributed by atoms with E-state index in [1.54, 1.807) is 0 Å². The Labute approximate surface area is 160 Å². The van der Waals surface area contributed by atoms with Gasteiger partial charge in [-0.3, -0.25) is 12.2 Å². The molecule has 0 aliphatic heterocycles. The van der Waals surface area contributed by atoms with Crippen LogP contribution in [0, 0.1) is 12.2 Å². The minimum absolute atomic E-state index is 0. The molecule has 0 saturated carbocycles. The Morgan fingerprint density at radius 1 is 1.05 bits per heavy atom. The van der Waals surface area contributed by atoms with Gasteiger partial charge in [0.05, 0.1) is 0 Å². The van der Waals surface area contributed by atoms with Crippen LogP contribution < -0.4 is 24.8 Å². The zero-order chi connectivity index (χ0) is 13.1. The molecule has 0 amide bonds. The number of rotatable bonds is 1. The Bertz CT molecular complexity index is 306. The Morgan fingerprint density at radius 2 is 1.60 bits per heavy atom. The molecule has 0 bridgehead atoms. The monoisotopic (exact) mass is 511 g/mol. The van der Waals surface area contributed by atoms with E-state index in [9.17, 15) is 0 Å². The molecule has 0 aromatic rings. The van der Waals surface area contributed by atoms with Gasteiger partial charge in [0.1, 0.15) is 0 Å². The maximum Gasteiger partial charge on any atom is 4.00 e. The zero-order valence-electron chi connectivity index (χ0n) is 13.1. The minimum atomic E-state index is -1.01. The van der Waals surface area contributed by atoms with Gasteiger partial charge in [0.15, 0.2) is 0 Å². The van der Waals surface area contributed by atoms with Crippen molar-refractivity contribution in [2.45, 2.75) is 45.6 Å². The van der Waals surface area contributed by atoms with Crippen molar-refractivity contribution in [3.8, 4) is 0 Å². The second-order valence-electron chi connectivity index (χ2n) is 5.03. The second-order valence-corrected chi connectivity index (χ2v) is 11.2. The van der Waals surface area contributed by atoms with Crippen LogP contribution in [0.3, 0.4) is 0 Å². The average molecular weight is 511 g/mol. The van der Waals surface area contributed by atoms with Gasteiger partial charge in [-0.05, 0) is 0 Å². The first-order valence-corrected chi connectivity index (χ1v) is 12.1. The minimum Gasteiger partial charge on any atom is -1.00 e. The van der Waals surface area contributed by atoms with Gasteiger partial charge in [-0.1, -0.05) is 32.7 Å². The van der Waals surface area contributed by atoms with Crippen LogP contribution in [-0.2, 0) is 25.8 Å². The van der Waals surface area contributed by atoms with Gasteiger partial charge in [0.2, 0.25) is 0 Å². The largest absolute Gasteiger partial charge is 4.00 e. The van der Waals surface area contributed by atoms with E-state index in [4.69, 9.17) is 0 Å². The van der Waals surface area contributed by atoms with Crippen molar-refractivity contribution >= 4 is 17.6 Å². The molecule has 111 valence electrons. The molecule has 0 aromatic carbocycles. The third-order valence-corrected chi connectivity index (χ3v) is 4.05. The summed E-state index contributed by atoms with van der Waals surface area (Å²) in [6.45, 7) is 11.5. The summed E-state index contributed by atoms with van der Waals surface area (Å²) in [5.41, 5.74) is 0. The molecule has 0 N–H and O–H groups in total. The van der Waals surface area contributed by atoms with Gasteiger partial charge in [0.25, 0.3) is 0 Å². The third-order valence-electron chi connectivity index (χ3n) is 2.09. The Hall–Kier alpha value is 0.844. The molecule has 20 heavy (non-hydrogen) atoms. The predicted molar refractivity (Wildman–Crippen MR) is 84.3 cm³/mol. The van der Waals surface area contributed by atoms with Crippen LogP contribution in [0.2, 0.25) is 32.7 Å². The van der Waals surface area contributed by atoms with E-state index in [0.29, 0.717) is 0 Å². The number of hydrogen-bond acceptors (Lipinski definition) is 0. The summed E-state index contributed by atoms with van der Waals surface area (Å²) in [7, 11) is -0.255. The van der Waals surface area contributed by atoms with E-state index >= 15 is 0 Å². The van der Waals surface area contributed by atoms with Gasteiger partial charge in [-0.15, -0.1) is 12.8 Å². The maximum atomic E-state index is 3.36. The van der Waals surface area contributed by atoms with Crippen molar-refractivity contribution in [2.24, 2.45) is 0 Å². The van der Waals surface area contributed by atoms with Crippen LogP contribution in [0.15, 0.2) is 35.6 Å². The van der Waals surface area contributed by atoms with E-state index in [-0.39, 0.29) is 50.7 Å². The van der Waals surface area contributed by atoms with Gasteiger partial charge < -0.3 is 24.8 Å². The van der Waals surface area contributed by atoms with E-state index in [1.165, 1.54) is 5.20 Å². The smallest absolute Gasteiger partial charge is 1.00 e. The molecule has 0 unspecified atom stereocenters. The fourth-order valence-electron chi connectivity index (χ4n) is 1.26. The second kappa shape index (κ2) is 17.9. The molecular weight excluding hydrogens is 486 g/mol. The van der Waals surface area contributed by atoms with E-state index in [1.807, 2.05) is 12.2 Å². The zero-order valence-corrected chi connectivity index (χ0v) is 20.4. The number of hydrogen-bond donors (Lipinski definition) is 0. The molecule has 2 aliphatic carbocycles. The molecular formula is C15H25Cl2HfSi2. The molecule has 2 rings (SSSR count). The van der Waals surface area contributed by atoms with E-state index in [0.717, 1.165) is 22.4 Å². The van der Waals surface area contributed by atoms with Crippen LogP contribution in [0.5, 0.6) is 0 Å². The molecule has 0 atom stereocenters. The van der Waals surface area contributed by atoms with Crippen LogP contribution in [0.25, 0.3) is 0 Å². The topological polar surface area (TPSA) is 0 Å². The summed E-state index contributed by atoms with van der Waals surface area (Å²) in [5.74, 6) is 0. The summed E-state index contributed by atoms with van der Waals surface area (Å²) in [4.78, 5) is 0. The fourth-order valence-corrected chi connectivity index (χ4v) is 2.51. The van der Waals surface area contributed by atoms with Crippen molar-refractivity contribution in [3.05, 3.63) is 47.7 Å². The number of halogens is 2. The van der Waals surface area contributed by atoms with Gasteiger partial charge in [-0.25, -0.2) is 23.4 Å². The van der Waals surface area contributed by atoms with Crippen LogP contribution in [0.4, 0.5) is 0 Å². The third kappa shape index (κ3) is 16.9. The molecule has 0 fully saturated rings. The van der Waals surface area contributed by atoms with Crippen molar-refractivity contribution in [3.63, 3.8) is 0 Å². The van der Waals surface area contributed by atoms with Crippen molar-refractivity contribution in [1.82, 2.24) is 0 Å². The van der Waals surface area contributed by atoms with Crippen molar-refractivity contribution in [2.75, 3.05) is 0 Å². The van der Waals surface area contributed by atoms with Crippen LogP contribution >= 0.6 is 0 Å². The standard InChI is InChI=1S/C8H13Si.C5H5.C2H7Si.2ClH.Hf/c1-9(2,3)8-6-4-5-7-8;1-2-4-5-3-1;1-3-2;;;/h4,6H,5H2,1-3H3;1-3H,4H2;3H,1-2H3;2*1H;/q2*-1;;;;+4/p-2. The SMILES string of the molecule is C[SiH]C.C[Si](C)(C)C1=[C-]CC=C1.[C-]1=CC=CC1.[Cl-].[Cl-].[Hf+4]. The Kier molecular flexibility index (Phi) is 25.9. The van der Waals surface area contributed by atoms with Crippen LogP contribution in [-0.4, -0.2) is 17.6 Å². The molecule has 2 aliphatic rings. The van der Waals surface area contributed by atoms with Crippen LogP contribution in [0.1, 0.15) is 12.8 Å². The molecule has 0 aromatic heterocycles. The molecule has 0 spiro atoms. The molecule has 1 radical (unpaired) electrons. The van der Waals surface area contributed by atoms with Gasteiger partial charge in [0, 0.05) is 17.6 Å². The first-order valence-electron chi connectivity index (χ1n) is 6.26. The molecule has 0 nitrogen and oxygen atoms in total. The Morgan fingerprint density at radius 3 is 1.75 bits per heavy atom. The summed E-state index contributed by atoms with van der Waals surface area (Å²) in [6.07, 6.45) is 18.8. The summed E-state index contributed by atoms with van der Waals surface area (Å²) in [5, 5.41) is 1.49. The van der Waals surface area contributed by atoms with Crippen molar-refractivity contribution in [1.29, 1.82) is 0 Å². The quantitative estimate of drug-likeness (QED) is 0.294. The molecule has 0 heterocycles. The summed E-state index contributed by atoms with van der Waals surface area (Å²) < 4.78 is 0. The first kappa shape index (κ1) is 28.9. The predicted octanol–water partition coefficient (Wildman–Crippen LogP) is -1.62.